The molecule has 80 valence electrons. The van der Waals surface area contributed by atoms with Gasteiger partial charge in [0.2, 0.25) is 0 Å². The number of hydrogen-bond acceptors (Lipinski definition) is 3. The Bertz CT molecular complexity index is 252. The highest BCUT2D eigenvalue weighted by atomic mass is 16.7. The minimum Gasteiger partial charge on any atom is -0.301 e. The van der Waals surface area contributed by atoms with E-state index in [9.17, 15) is 0 Å². The number of piperidine rings is 1. The monoisotopic (exact) mass is 196 g/mol. The smallest absolute Gasteiger partial charge is 0.0741 e. The maximum atomic E-state index is 5.84. The van der Waals surface area contributed by atoms with Crippen molar-refractivity contribution in [3.05, 3.63) is 0 Å². The molecule has 4 heterocycles. The van der Waals surface area contributed by atoms with Gasteiger partial charge in [0.1, 0.15) is 0 Å². The van der Waals surface area contributed by atoms with Crippen molar-refractivity contribution >= 4 is 0 Å². The highest BCUT2D eigenvalue weighted by molar-refractivity contribution is 5.03. The first-order chi connectivity index (χ1) is 6.58. The third-order valence-corrected chi connectivity index (χ3v) is 4.04. The zero-order chi connectivity index (χ0) is 9.92. The second-order valence-corrected chi connectivity index (χ2v) is 5.89. The van der Waals surface area contributed by atoms with E-state index in [-0.39, 0.29) is 0 Å². The summed E-state index contributed by atoms with van der Waals surface area (Å²) in [6.07, 6.45) is 0. The van der Waals surface area contributed by atoms with Gasteiger partial charge in [0.05, 0.1) is 6.61 Å². The maximum Gasteiger partial charge on any atom is 0.0741 e. The van der Waals surface area contributed by atoms with E-state index in [2.05, 4.69) is 30.7 Å². The summed E-state index contributed by atoms with van der Waals surface area (Å²) in [5.41, 5.74) is 0.393. The first-order valence-corrected chi connectivity index (χ1v) is 5.71. The summed E-state index contributed by atoms with van der Waals surface area (Å²) in [6, 6.07) is 1.21. The van der Waals surface area contributed by atoms with Crippen molar-refractivity contribution in [3.8, 4) is 0 Å². The lowest BCUT2D eigenvalue weighted by Gasteiger charge is -2.43. The van der Waals surface area contributed by atoms with Gasteiger partial charge >= 0.3 is 0 Å². The molecule has 4 saturated heterocycles. The molecule has 0 amide bonds. The number of hydrogen-bond donors (Lipinski definition) is 0. The van der Waals surface area contributed by atoms with Crippen LogP contribution in [0.1, 0.15) is 20.8 Å². The number of nitrogens with zero attached hydrogens (tertiary/aromatic N) is 2. The number of rotatable bonds is 0. The molecule has 0 spiro atoms. The van der Waals surface area contributed by atoms with Gasteiger partial charge in [-0.05, 0) is 12.3 Å². The van der Waals surface area contributed by atoms with E-state index in [4.69, 9.17) is 4.84 Å². The number of hydroxylamine groups is 2. The third kappa shape index (κ3) is 1.09. The van der Waals surface area contributed by atoms with Crippen molar-refractivity contribution in [2.75, 3.05) is 26.2 Å². The second kappa shape index (κ2) is 2.71. The van der Waals surface area contributed by atoms with Crippen LogP contribution in [0.2, 0.25) is 0 Å². The highest BCUT2D eigenvalue weighted by Gasteiger charge is 2.53. The average Bonchev–Trinajstić information content (AvgIpc) is 2.37. The molecule has 3 heteroatoms. The standard InChI is InChI=1S/C11H20N2O/c1-8-4-12-5-9-6-14-13(8)10(9)11(2,3)7-12/h8-10H,4-7H2,1-3H3. The zero-order valence-corrected chi connectivity index (χ0v) is 9.36. The Morgan fingerprint density at radius 2 is 2.07 bits per heavy atom. The zero-order valence-electron chi connectivity index (χ0n) is 9.36. The van der Waals surface area contributed by atoms with Crippen molar-refractivity contribution in [1.29, 1.82) is 0 Å². The molecule has 4 aliphatic heterocycles. The topological polar surface area (TPSA) is 15.7 Å². The summed E-state index contributed by atoms with van der Waals surface area (Å²) < 4.78 is 0. The molecule has 14 heavy (non-hydrogen) atoms. The minimum atomic E-state index is 0.393. The lowest BCUT2D eigenvalue weighted by molar-refractivity contribution is -0.168. The van der Waals surface area contributed by atoms with E-state index in [1.165, 1.54) is 19.6 Å². The Kier molecular flexibility index (Phi) is 1.77. The van der Waals surface area contributed by atoms with Crippen LogP contribution in [-0.4, -0.2) is 48.3 Å². The SMILES string of the molecule is CC1CN2CC3CON1C3C(C)(C)C2. The summed E-state index contributed by atoms with van der Waals surface area (Å²) in [7, 11) is 0. The molecule has 4 aliphatic rings. The molecule has 4 fully saturated rings. The predicted octanol–water partition coefficient (Wildman–Crippen LogP) is 0.962. The van der Waals surface area contributed by atoms with Crippen LogP contribution in [0.4, 0.5) is 0 Å². The predicted molar refractivity (Wildman–Crippen MR) is 54.8 cm³/mol. The van der Waals surface area contributed by atoms with Gasteiger partial charge in [-0.2, -0.15) is 5.06 Å². The van der Waals surface area contributed by atoms with Crippen LogP contribution in [0.3, 0.4) is 0 Å². The van der Waals surface area contributed by atoms with Gasteiger partial charge in [0.15, 0.2) is 0 Å². The van der Waals surface area contributed by atoms with Crippen LogP contribution in [0.25, 0.3) is 0 Å². The molecule has 4 rings (SSSR count). The molecule has 0 radical (unpaired) electrons. The van der Waals surface area contributed by atoms with E-state index in [0.717, 1.165) is 12.5 Å². The van der Waals surface area contributed by atoms with Crippen LogP contribution in [0.15, 0.2) is 0 Å². The van der Waals surface area contributed by atoms with Crippen LogP contribution >= 0.6 is 0 Å². The van der Waals surface area contributed by atoms with E-state index >= 15 is 0 Å². The van der Waals surface area contributed by atoms with Gasteiger partial charge in [-0.3, -0.25) is 4.84 Å². The van der Waals surface area contributed by atoms with Gasteiger partial charge in [0, 0.05) is 37.6 Å². The van der Waals surface area contributed by atoms with E-state index < -0.39 is 0 Å². The first kappa shape index (κ1) is 9.13. The first-order valence-electron chi connectivity index (χ1n) is 5.71. The minimum absolute atomic E-state index is 0.393. The van der Waals surface area contributed by atoms with Gasteiger partial charge in [-0.1, -0.05) is 13.8 Å². The van der Waals surface area contributed by atoms with Crippen molar-refractivity contribution in [3.63, 3.8) is 0 Å². The fourth-order valence-corrected chi connectivity index (χ4v) is 3.76. The van der Waals surface area contributed by atoms with Crippen LogP contribution < -0.4 is 0 Å². The Morgan fingerprint density at radius 1 is 1.29 bits per heavy atom. The van der Waals surface area contributed by atoms with E-state index in [1.807, 2.05) is 0 Å². The highest BCUT2D eigenvalue weighted by Crippen LogP contribution is 2.43. The molecule has 4 bridgehead atoms. The van der Waals surface area contributed by atoms with Crippen LogP contribution in [0, 0.1) is 11.3 Å². The molecule has 0 aromatic rings. The summed E-state index contributed by atoms with van der Waals surface area (Å²) in [6.45, 7) is 11.7. The molecular weight excluding hydrogens is 176 g/mol. The lowest BCUT2D eigenvalue weighted by atomic mass is 9.75. The van der Waals surface area contributed by atoms with Crippen molar-refractivity contribution in [1.82, 2.24) is 9.96 Å². The van der Waals surface area contributed by atoms with Crippen molar-refractivity contribution < 1.29 is 4.84 Å². The normalized spacial score (nSPS) is 54.6. The lowest BCUT2D eigenvalue weighted by Crippen LogP contribution is -2.53. The third-order valence-electron chi connectivity index (χ3n) is 4.04. The molecule has 5 unspecified atom stereocenters. The Balaban J connectivity index is 2.01. The van der Waals surface area contributed by atoms with Crippen LogP contribution in [-0.2, 0) is 4.84 Å². The molecular formula is C11H20N2O. The fraction of sp³-hybridized carbons (Fsp3) is 1.00. The molecule has 3 nitrogen and oxygen atoms in total. The fourth-order valence-electron chi connectivity index (χ4n) is 3.76. The van der Waals surface area contributed by atoms with Crippen molar-refractivity contribution in [2.24, 2.45) is 11.3 Å². The number of fused-ring (bicyclic) bond motifs is 2. The van der Waals surface area contributed by atoms with Crippen LogP contribution in [0.5, 0.6) is 0 Å². The summed E-state index contributed by atoms with van der Waals surface area (Å²) >= 11 is 0. The van der Waals surface area contributed by atoms with E-state index in [1.54, 1.807) is 0 Å². The molecule has 0 N–H and O–H groups in total. The summed E-state index contributed by atoms with van der Waals surface area (Å²) in [5, 5.41) is 2.29. The molecule has 0 aliphatic carbocycles. The Morgan fingerprint density at radius 3 is 2.86 bits per heavy atom. The van der Waals surface area contributed by atoms with Gasteiger partial charge in [-0.15, -0.1) is 0 Å². The molecule has 5 atom stereocenters. The largest absolute Gasteiger partial charge is 0.301 e. The summed E-state index contributed by atoms with van der Waals surface area (Å²) in [5.74, 6) is 0.740. The molecule has 0 aromatic carbocycles. The molecule has 0 saturated carbocycles. The summed E-state index contributed by atoms with van der Waals surface area (Å²) in [4.78, 5) is 8.46. The van der Waals surface area contributed by atoms with Gasteiger partial charge in [0.25, 0.3) is 0 Å². The average molecular weight is 196 g/mol. The molecule has 0 aromatic heterocycles. The van der Waals surface area contributed by atoms with E-state index in [0.29, 0.717) is 17.5 Å². The quantitative estimate of drug-likeness (QED) is 0.574. The second-order valence-electron chi connectivity index (χ2n) is 5.89. The van der Waals surface area contributed by atoms with Gasteiger partial charge in [-0.25, -0.2) is 0 Å². The Hall–Kier alpha value is -0.120. The maximum absolute atomic E-state index is 5.84. The Labute approximate surface area is 86.0 Å². The van der Waals surface area contributed by atoms with Crippen molar-refractivity contribution in [2.45, 2.75) is 32.9 Å². The van der Waals surface area contributed by atoms with Gasteiger partial charge < -0.3 is 4.90 Å².